The summed E-state index contributed by atoms with van der Waals surface area (Å²) in [6, 6.07) is 13.5. The highest BCUT2D eigenvalue weighted by atomic mass is 127. The molecule has 2 aromatic rings. The van der Waals surface area contributed by atoms with Crippen LogP contribution in [-0.2, 0) is 0 Å². The van der Waals surface area contributed by atoms with Gasteiger partial charge in [-0.1, -0.05) is 25.1 Å². The molecule has 1 aromatic heterocycles. The lowest BCUT2D eigenvalue weighted by Gasteiger charge is -2.10. The first-order valence-electron chi connectivity index (χ1n) is 6.30. The Bertz CT molecular complexity index is 507. The number of halogens is 1. The molecule has 0 saturated heterocycles. The van der Waals surface area contributed by atoms with Crippen molar-refractivity contribution >= 4 is 33.9 Å². The molecule has 0 radical (unpaired) electrons. The van der Waals surface area contributed by atoms with Crippen LogP contribution < -0.4 is 5.32 Å². The van der Waals surface area contributed by atoms with E-state index in [2.05, 4.69) is 78.2 Å². The predicted octanol–water partition coefficient (Wildman–Crippen LogP) is 5.08. The van der Waals surface area contributed by atoms with E-state index in [1.54, 1.807) is 0 Å². The van der Waals surface area contributed by atoms with Crippen LogP contribution in [-0.4, -0.2) is 6.54 Å². The van der Waals surface area contributed by atoms with Crippen molar-refractivity contribution in [3.8, 4) is 10.4 Å². The summed E-state index contributed by atoms with van der Waals surface area (Å²) < 4.78 is 1.32. The Hall–Kier alpha value is -0.390. The predicted molar refractivity (Wildman–Crippen MR) is 89.2 cm³/mol. The van der Waals surface area contributed by atoms with Gasteiger partial charge in [0.05, 0.1) is 0 Å². The molecule has 1 nitrogen and oxygen atoms in total. The number of hydrogen-bond donors (Lipinski definition) is 1. The zero-order valence-electron chi connectivity index (χ0n) is 10.7. The molecule has 0 saturated carbocycles. The second-order valence-electron chi connectivity index (χ2n) is 4.36. The highest BCUT2D eigenvalue weighted by Gasteiger charge is 2.10. The molecule has 0 spiro atoms. The Kier molecular flexibility index (Phi) is 5.21. The zero-order valence-corrected chi connectivity index (χ0v) is 13.7. The fourth-order valence-corrected chi connectivity index (χ4v) is 3.79. The van der Waals surface area contributed by atoms with Crippen LogP contribution in [0.25, 0.3) is 10.4 Å². The van der Waals surface area contributed by atoms with E-state index in [0.717, 1.165) is 6.54 Å². The van der Waals surface area contributed by atoms with Crippen molar-refractivity contribution in [2.45, 2.75) is 26.3 Å². The third kappa shape index (κ3) is 3.33. The van der Waals surface area contributed by atoms with Crippen molar-refractivity contribution in [2.24, 2.45) is 0 Å². The highest BCUT2D eigenvalue weighted by Crippen LogP contribution is 2.33. The molecule has 0 fully saturated rings. The van der Waals surface area contributed by atoms with Gasteiger partial charge in [-0.3, -0.25) is 0 Å². The minimum absolute atomic E-state index is 0.449. The fourth-order valence-electron chi connectivity index (χ4n) is 1.85. The first-order valence-corrected chi connectivity index (χ1v) is 8.20. The van der Waals surface area contributed by atoms with Crippen molar-refractivity contribution in [1.82, 2.24) is 5.32 Å². The van der Waals surface area contributed by atoms with E-state index < -0.39 is 0 Å². The van der Waals surface area contributed by atoms with Gasteiger partial charge in [0, 0.05) is 24.9 Å². The van der Waals surface area contributed by atoms with Crippen molar-refractivity contribution in [1.29, 1.82) is 0 Å². The van der Waals surface area contributed by atoms with Gasteiger partial charge in [0.2, 0.25) is 0 Å². The Labute approximate surface area is 127 Å². The Balaban J connectivity index is 2.18. The minimum Gasteiger partial charge on any atom is -0.309 e. The maximum absolute atomic E-state index is 3.54. The molecule has 0 aliphatic carbocycles. The highest BCUT2D eigenvalue weighted by molar-refractivity contribution is 14.1. The maximum Gasteiger partial charge on any atom is 0.0386 e. The number of hydrogen-bond acceptors (Lipinski definition) is 2. The van der Waals surface area contributed by atoms with E-state index in [0.29, 0.717) is 6.04 Å². The summed E-state index contributed by atoms with van der Waals surface area (Å²) in [4.78, 5) is 2.78. The largest absolute Gasteiger partial charge is 0.309 e. The second kappa shape index (κ2) is 6.68. The lowest BCUT2D eigenvalue weighted by molar-refractivity contribution is 0.578. The summed E-state index contributed by atoms with van der Waals surface area (Å²) in [5.74, 6) is 0. The second-order valence-corrected chi connectivity index (χ2v) is 6.64. The molecule has 1 N–H and O–H groups in total. The average Bonchev–Trinajstić information content (AvgIpc) is 2.86. The molecule has 1 unspecified atom stereocenters. The van der Waals surface area contributed by atoms with Crippen LogP contribution in [0.2, 0.25) is 0 Å². The molecular formula is C15H18INS. The lowest BCUT2D eigenvalue weighted by atomic mass is 10.2. The van der Waals surface area contributed by atoms with Crippen LogP contribution in [0.15, 0.2) is 36.4 Å². The van der Waals surface area contributed by atoms with E-state index in [-0.39, 0.29) is 0 Å². The van der Waals surface area contributed by atoms with Gasteiger partial charge in [-0.15, -0.1) is 11.3 Å². The maximum atomic E-state index is 3.54. The molecule has 2 rings (SSSR count). The van der Waals surface area contributed by atoms with Crippen molar-refractivity contribution in [2.75, 3.05) is 6.54 Å². The summed E-state index contributed by atoms with van der Waals surface area (Å²) >= 11 is 4.30. The quantitative estimate of drug-likeness (QED) is 0.723. The number of nitrogens with one attached hydrogen (secondary N) is 1. The van der Waals surface area contributed by atoms with Crippen LogP contribution >= 0.6 is 33.9 Å². The molecule has 96 valence electrons. The molecule has 3 heteroatoms. The van der Waals surface area contributed by atoms with Gasteiger partial charge in [-0.05, 0) is 60.7 Å². The summed E-state index contributed by atoms with van der Waals surface area (Å²) in [5.41, 5.74) is 1.34. The molecule has 1 aromatic carbocycles. The minimum atomic E-state index is 0.449. The summed E-state index contributed by atoms with van der Waals surface area (Å²) in [6.45, 7) is 5.52. The smallest absolute Gasteiger partial charge is 0.0386 e. The molecule has 1 heterocycles. The van der Waals surface area contributed by atoms with Crippen LogP contribution in [0.1, 0.15) is 31.2 Å². The molecule has 0 bridgehead atoms. The molecule has 18 heavy (non-hydrogen) atoms. The molecular weight excluding hydrogens is 353 g/mol. The van der Waals surface area contributed by atoms with Crippen LogP contribution in [0.5, 0.6) is 0 Å². The van der Waals surface area contributed by atoms with Crippen molar-refractivity contribution < 1.29 is 0 Å². The fraction of sp³-hybridized carbons (Fsp3) is 0.333. The SMILES string of the molecule is CCCNC(C)c1ccc(-c2ccccc2I)s1. The first kappa shape index (κ1) is 14.0. The molecule has 1 atom stereocenters. The molecule has 0 aliphatic heterocycles. The Morgan fingerprint density at radius 2 is 2.00 bits per heavy atom. The summed E-state index contributed by atoms with van der Waals surface area (Å²) in [5, 5.41) is 3.54. The third-order valence-electron chi connectivity index (χ3n) is 2.89. The molecule has 0 aliphatic rings. The Morgan fingerprint density at radius 1 is 1.22 bits per heavy atom. The lowest BCUT2D eigenvalue weighted by Crippen LogP contribution is -2.18. The zero-order chi connectivity index (χ0) is 13.0. The van der Waals surface area contributed by atoms with Crippen LogP contribution in [0.4, 0.5) is 0 Å². The standard InChI is InChI=1S/C15H18INS/c1-3-10-17-11(2)14-8-9-15(18-14)12-6-4-5-7-13(12)16/h4-9,11,17H,3,10H2,1-2H3. The van der Waals surface area contributed by atoms with Gasteiger partial charge in [0.25, 0.3) is 0 Å². The first-order chi connectivity index (χ1) is 8.72. The average molecular weight is 371 g/mol. The molecule has 0 amide bonds. The van der Waals surface area contributed by atoms with Gasteiger partial charge < -0.3 is 5.32 Å². The Morgan fingerprint density at radius 3 is 2.72 bits per heavy atom. The van der Waals surface area contributed by atoms with E-state index in [4.69, 9.17) is 0 Å². The normalized spacial score (nSPS) is 12.6. The van der Waals surface area contributed by atoms with Gasteiger partial charge in [-0.2, -0.15) is 0 Å². The van der Waals surface area contributed by atoms with Crippen molar-refractivity contribution in [3.63, 3.8) is 0 Å². The number of thiophene rings is 1. The number of rotatable bonds is 5. The van der Waals surface area contributed by atoms with Crippen LogP contribution in [0, 0.1) is 3.57 Å². The number of benzene rings is 1. The topological polar surface area (TPSA) is 12.0 Å². The monoisotopic (exact) mass is 371 g/mol. The van der Waals surface area contributed by atoms with Gasteiger partial charge in [-0.25, -0.2) is 0 Å². The summed E-state index contributed by atoms with van der Waals surface area (Å²) in [7, 11) is 0. The summed E-state index contributed by atoms with van der Waals surface area (Å²) in [6.07, 6.45) is 1.18. The van der Waals surface area contributed by atoms with Crippen molar-refractivity contribution in [3.05, 3.63) is 44.8 Å². The van der Waals surface area contributed by atoms with Gasteiger partial charge in [0.15, 0.2) is 0 Å². The van der Waals surface area contributed by atoms with E-state index >= 15 is 0 Å². The van der Waals surface area contributed by atoms with Crippen LogP contribution in [0.3, 0.4) is 0 Å². The van der Waals surface area contributed by atoms with E-state index in [1.165, 1.54) is 25.3 Å². The van der Waals surface area contributed by atoms with E-state index in [9.17, 15) is 0 Å². The van der Waals surface area contributed by atoms with E-state index in [1.807, 2.05) is 11.3 Å². The van der Waals surface area contributed by atoms with Gasteiger partial charge >= 0.3 is 0 Å². The van der Waals surface area contributed by atoms with Gasteiger partial charge in [0.1, 0.15) is 0 Å². The third-order valence-corrected chi connectivity index (χ3v) is 5.14.